The monoisotopic (exact) mass is 1130 g/mol. The second kappa shape index (κ2) is 24.6. The summed E-state index contributed by atoms with van der Waals surface area (Å²) in [5.74, 6) is -10.9. The Balaban J connectivity index is 0.875. The average Bonchev–Trinajstić information content (AvgIpc) is 4.03. The van der Waals surface area contributed by atoms with Crippen LogP contribution in [0.1, 0.15) is 104 Å². The van der Waals surface area contributed by atoms with Gasteiger partial charge in [-0.3, -0.25) is 48.1 Å². The van der Waals surface area contributed by atoms with Crippen LogP contribution < -0.4 is 32.1 Å². The number of hydrogen-bond donors (Lipinski definition) is 6. The molecule has 0 fully saturated rings. The number of aliphatic hydroxyl groups is 1. The van der Waals surface area contributed by atoms with Gasteiger partial charge in [-0.1, -0.05) is 50.1 Å². The number of nitrogens with zero attached hydrogens (tertiary/aromatic N) is 4. The van der Waals surface area contributed by atoms with Crippen molar-refractivity contribution in [3.63, 3.8) is 0 Å². The first kappa shape index (κ1) is 58.8. The molecule has 4 atom stereocenters. The largest absolute Gasteiger partial charge is 0.458 e. The molecule has 0 bridgehead atoms. The first-order valence-electron chi connectivity index (χ1n) is 26.5. The first-order valence-corrected chi connectivity index (χ1v) is 26.5. The summed E-state index contributed by atoms with van der Waals surface area (Å²) in [6, 6.07) is 9.00. The molecule has 4 aromatic rings. The smallest absolute Gasteiger partial charge is 0.343 e. The molecular weight excluding hydrogens is 1060 g/mol. The van der Waals surface area contributed by atoms with E-state index in [1.807, 2.05) is 0 Å². The minimum absolute atomic E-state index is 0.0462. The molecule has 2 aromatic carbocycles. The molecule has 3 aliphatic heterocycles. The number of aryl methyl sites for hydroxylation is 1. The molecule has 2 aromatic heterocycles. The molecule has 4 aliphatic rings. The van der Waals surface area contributed by atoms with Crippen LogP contribution in [0, 0.1) is 12.7 Å². The SMILES string of the molecule is CCC[C@@]1(O)C(=O)OCc2c1cc1n(c2=O)Cc2c-1nc1cc(F)c(C)c3c1c2C(N(C)C(=O)[C@@H](OCNC(=O)CNC(=O)[C@H](Cc1ccccc1)NC(=O)CNC(=O)CNC(=O)CCCCCN1C(=O)C=CC1=O)C(C)(F)F)CC3. The minimum Gasteiger partial charge on any atom is -0.458 e. The third-order valence-corrected chi connectivity index (χ3v) is 14.9. The van der Waals surface area contributed by atoms with Crippen LogP contribution in [-0.4, -0.2) is 136 Å². The highest BCUT2D eigenvalue weighted by atomic mass is 19.3. The van der Waals surface area contributed by atoms with E-state index in [0.717, 1.165) is 9.80 Å². The maximum Gasteiger partial charge on any atom is 0.343 e. The number of pyridine rings is 2. The number of nitrogens with one attached hydrogen (secondary N) is 5. The van der Waals surface area contributed by atoms with E-state index in [9.17, 15) is 53.1 Å². The zero-order valence-corrected chi connectivity index (χ0v) is 45.0. The number of carbonyl (C=O) groups excluding carboxylic acids is 9. The van der Waals surface area contributed by atoms with Crippen LogP contribution in [0.4, 0.5) is 13.2 Å². The van der Waals surface area contributed by atoms with Gasteiger partial charge in [0.2, 0.25) is 35.6 Å². The Morgan fingerprint density at radius 3 is 2.28 bits per heavy atom. The van der Waals surface area contributed by atoms with Gasteiger partial charge in [-0.15, -0.1) is 0 Å². The lowest BCUT2D eigenvalue weighted by Gasteiger charge is -2.37. The second-order valence-electron chi connectivity index (χ2n) is 20.5. The number of cyclic esters (lactones) is 1. The normalized spacial score (nSPS) is 17.6. The lowest BCUT2D eigenvalue weighted by atomic mass is 9.81. The quantitative estimate of drug-likeness (QED) is 0.0223. The fraction of sp³-hybridized carbons (Fsp3) is 0.446. The molecule has 5 heterocycles. The van der Waals surface area contributed by atoms with Crippen LogP contribution in [0.3, 0.4) is 0 Å². The van der Waals surface area contributed by atoms with Crippen molar-refractivity contribution in [2.75, 3.05) is 40.0 Å². The molecule has 1 unspecified atom stereocenters. The van der Waals surface area contributed by atoms with Crippen LogP contribution in [0.2, 0.25) is 0 Å². The van der Waals surface area contributed by atoms with Crippen molar-refractivity contribution in [2.24, 2.45) is 0 Å². The summed E-state index contributed by atoms with van der Waals surface area (Å²) in [5.41, 5.74) is 0.456. The van der Waals surface area contributed by atoms with E-state index >= 15 is 13.2 Å². The highest BCUT2D eigenvalue weighted by Gasteiger charge is 2.48. The van der Waals surface area contributed by atoms with Gasteiger partial charge in [0.05, 0.1) is 54.7 Å². The Morgan fingerprint density at radius 1 is 0.901 bits per heavy atom. The predicted molar refractivity (Wildman–Crippen MR) is 282 cm³/mol. The third kappa shape index (κ3) is 12.7. The van der Waals surface area contributed by atoms with E-state index in [-0.39, 0.29) is 91.6 Å². The predicted octanol–water partition coefficient (Wildman–Crippen LogP) is 2.04. The van der Waals surface area contributed by atoms with Gasteiger partial charge in [0.15, 0.2) is 5.60 Å². The van der Waals surface area contributed by atoms with Gasteiger partial charge in [-0.25, -0.2) is 22.9 Å². The number of esters is 1. The molecule has 22 nitrogen and oxygen atoms in total. The van der Waals surface area contributed by atoms with Gasteiger partial charge in [-0.05, 0) is 67.3 Å². The number of imide groups is 1. The van der Waals surface area contributed by atoms with E-state index in [0.29, 0.717) is 65.8 Å². The molecule has 0 saturated heterocycles. The van der Waals surface area contributed by atoms with Gasteiger partial charge in [0.1, 0.15) is 25.2 Å². The number of fused-ring (bicyclic) bond motifs is 5. The zero-order valence-electron chi connectivity index (χ0n) is 45.0. The Morgan fingerprint density at radius 2 is 1.58 bits per heavy atom. The van der Waals surface area contributed by atoms with Crippen molar-refractivity contribution in [3.8, 4) is 11.4 Å². The molecule has 8 amide bonds. The van der Waals surface area contributed by atoms with Gasteiger partial charge in [0.25, 0.3) is 29.2 Å². The van der Waals surface area contributed by atoms with E-state index in [4.69, 9.17) is 14.5 Å². The number of alkyl halides is 2. The standard InChI is InChI=1S/C56H62F3N9O13/c1-5-19-56(79)35-22-40-49-33(27-68(40)52(76)34(35)28-80-54(56)78)48-39(16-15-32-30(2)36(57)23-37(65-49)47(32)48)66(4)53(77)50(55(3,58)59)81-29-63-43(71)25-62-51(75)38(21-31-12-8-6-9-13-31)64-44(72)26-61-42(70)24-60-41(69)14-10-7-11-20-67-45(73)17-18-46(67)74/h6,8-9,12-13,17-18,22-23,38-39,50,79H,5,7,10-11,14-16,19-21,24-29H2,1-4H3,(H,60,69)(H,61,70)(H,62,75)(H,63,71)(H,64,72)/t38-,39?,50+,56-/m0/s1. The number of halogens is 3. The highest BCUT2D eigenvalue weighted by Crippen LogP contribution is 2.48. The number of unbranched alkanes of at least 4 members (excludes halogenated alkanes) is 2. The summed E-state index contributed by atoms with van der Waals surface area (Å²) in [4.78, 5) is 136. The van der Waals surface area contributed by atoms with Crippen LogP contribution in [0.5, 0.6) is 0 Å². The number of rotatable bonds is 24. The third-order valence-electron chi connectivity index (χ3n) is 14.9. The lowest BCUT2D eigenvalue weighted by molar-refractivity contribution is -0.174. The number of ether oxygens (including phenoxy) is 2. The number of benzene rings is 2. The van der Waals surface area contributed by atoms with Crippen molar-refractivity contribution in [3.05, 3.63) is 110 Å². The molecular formula is C56H62F3N9O13. The number of aromatic nitrogens is 2. The van der Waals surface area contributed by atoms with Crippen LogP contribution >= 0.6 is 0 Å². The number of likely N-dealkylation sites (N-methyl/N-ethyl adjacent to an activating group) is 1. The van der Waals surface area contributed by atoms with Crippen LogP contribution in [0.15, 0.2) is 59.4 Å². The van der Waals surface area contributed by atoms with E-state index < -0.39 is 109 Å². The molecule has 0 spiro atoms. The summed E-state index contributed by atoms with van der Waals surface area (Å²) in [6.45, 7) is 0.865. The Labute approximate surface area is 462 Å². The molecule has 0 saturated carbocycles. The van der Waals surface area contributed by atoms with Crippen LogP contribution in [0.25, 0.3) is 22.3 Å². The topological polar surface area (TPSA) is 294 Å². The number of amides is 8. The maximum absolute atomic E-state index is 15.6. The van der Waals surface area contributed by atoms with Gasteiger partial charge in [-0.2, -0.15) is 0 Å². The fourth-order valence-electron chi connectivity index (χ4n) is 10.7. The molecule has 6 N–H and O–H groups in total. The second-order valence-corrected chi connectivity index (χ2v) is 20.5. The van der Waals surface area contributed by atoms with Crippen LogP contribution in [-0.2, 0) is 84.2 Å². The average molecular weight is 1130 g/mol. The molecule has 8 rings (SSSR count). The summed E-state index contributed by atoms with van der Waals surface area (Å²) in [7, 11) is 1.31. The first-order chi connectivity index (χ1) is 38.5. The summed E-state index contributed by atoms with van der Waals surface area (Å²) in [5, 5.41) is 24.0. The summed E-state index contributed by atoms with van der Waals surface area (Å²) >= 11 is 0. The van der Waals surface area contributed by atoms with Crippen molar-refractivity contribution in [1.82, 2.24) is 45.9 Å². The van der Waals surface area contributed by atoms with Crippen molar-refractivity contribution in [2.45, 2.75) is 121 Å². The highest BCUT2D eigenvalue weighted by molar-refractivity contribution is 6.12. The Hall–Kier alpha value is -8.32. The van der Waals surface area contributed by atoms with Gasteiger partial charge in [0, 0.05) is 68.1 Å². The Kier molecular flexibility index (Phi) is 17.9. The van der Waals surface area contributed by atoms with Crippen molar-refractivity contribution in [1.29, 1.82) is 0 Å². The summed E-state index contributed by atoms with van der Waals surface area (Å²) < 4.78 is 58.7. The van der Waals surface area contributed by atoms with E-state index in [2.05, 4.69) is 26.6 Å². The molecule has 430 valence electrons. The van der Waals surface area contributed by atoms with Gasteiger partial charge >= 0.3 is 5.97 Å². The Bertz CT molecular complexity index is 3290. The molecule has 0 radical (unpaired) electrons. The molecule has 25 heteroatoms. The number of carbonyl (C=O) groups is 9. The molecule has 1 aliphatic carbocycles. The van der Waals surface area contributed by atoms with Gasteiger partial charge < -0.3 is 50.6 Å². The van der Waals surface area contributed by atoms with Crippen molar-refractivity contribution >= 4 is 64.1 Å². The minimum atomic E-state index is -3.83. The van der Waals surface area contributed by atoms with E-state index in [1.54, 1.807) is 44.2 Å². The summed E-state index contributed by atoms with van der Waals surface area (Å²) in [6.07, 6.45) is 2.06. The maximum atomic E-state index is 15.6. The van der Waals surface area contributed by atoms with E-state index in [1.165, 1.54) is 35.9 Å². The number of hydrogen-bond acceptors (Lipinski definition) is 14. The fourth-order valence-corrected chi connectivity index (χ4v) is 10.7. The van der Waals surface area contributed by atoms with Crippen molar-refractivity contribution < 1.29 is 70.9 Å². The zero-order chi connectivity index (χ0) is 58.5. The molecule has 81 heavy (non-hydrogen) atoms. The lowest BCUT2D eigenvalue weighted by Crippen LogP contribution is -2.53.